The highest BCUT2D eigenvalue weighted by atomic mass is 32.1. The van der Waals surface area contributed by atoms with Crippen LogP contribution in [0.1, 0.15) is 82.9 Å². The first kappa shape index (κ1) is 43.4. The van der Waals surface area contributed by atoms with Crippen LogP contribution in [0.2, 0.25) is 0 Å². The Morgan fingerprint density at radius 3 is 2.69 bits per heavy atom. The zero-order valence-corrected chi connectivity index (χ0v) is 37.3. The summed E-state index contributed by atoms with van der Waals surface area (Å²) in [5.41, 5.74) is 9.12. The van der Waals surface area contributed by atoms with Gasteiger partial charge in [0, 0.05) is 78.9 Å². The van der Waals surface area contributed by atoms with Gasteiger partial charge in [0.2, 0.25) is 11.8 Å². The van der Waals surface area contributed by atoms with Crippen molar-refractivity contribution in [2.45, 2.75) is 91.6 Å². The van der Waals surface area contributed by atoms with E-state index in [0.29, 0.717) is 49.6 Å². The number of fused-ring (bicyclic) bond motifs is 6. The molecule has 3 aromatic heterocycles. The van der Waals surface area contributed by atoms with Gasteiger partial charge in [0.25, 0.3) is 5.91 Å². The number of nitrogens with zero attached hydrogens (tertiary/aromatic N) is 6. The summed E-state index contributed by atoms with van der Waals surface area (Å²) in [5, 5.41) is 17.1. The Kier molecular flexibility index (Phi) is 12.3. The fourth-order valence-corrected chi connectivity index (χ4v) is 10.3. The monoisotopic (exact) mass is 864 g/mol. The van der Waals surface area contributed by atoms with Gasteiger partial charge in [0.05, 0.1) is 53.6 Å². The Bertz CT molecular complexity index is 2420. The summed E-state index contributed by atoms with van der Waals surface area (Å²) >= 11 is 1.34. The van der Waals surface area contributed by atoms with Crippen molar-refractivity contribution < 1.29 is 33.4 Å². The van der Waals surface area contributed by atoms with Gasteiger partial charge in [-0.3, -0.25) is 29.2 Å². The number of amides is 3. The molecule has 1 aromatic carbocycles. The van der Waals surface area contributed by atoms with Gasteiger partial charge in [-0.1, -0.05) is 26.8 Å². The molecule has 7 atom stereocenters. The fraction of sp³-hybridized carbons (Fsp3) is 0.543. The quantitative estimate of drug-likeness (QED) is 0.200. The molecule has 6 heterocycles. The Hall–Kier alpha value is -5.21. The number of thiazole rings is 1. The molecule has 1 aliphatic carbocycles. The number of hydrogen-bond donors (Lipinski definition) is 2. The molecule has 4 aliphatic rings. The topological polar surface area (TPSA) is 181 Å². The van der Waals surface area contributed by atoms with Crippen LogP contribution in [0.3, 0.4) is 0 Å². The number of carbonyl (C=O) groups excluding carboxylic acids is 4. The minimum Gasteiger partial charge on any atom is -0.464 e. The lowest BCUT2D eigenvalue weighted by molar-refractivity contribution is -0.156. The Morgan fingerprint density at radius 1 is 1.18 bits per heavy atom. The summed E-state index contributed by atoms with van der Waals surface area (Å²) < 4.78 is 20.6. The van der Waals surface area contributed by atoms with Gasteiger partial charge in [0.1, 0.15) is 23.2 Å². The Morgan fingerprint density at radius 2 is 1.97 bits per heavy atom. The molecule has 16 heteroatoms. The zero-order valence-electron chi connectivity index (χ0n) is 36.5. The van der Waals surface area contributed by atoms with Gasteiger partial charge in [-0.25, -0.2) is 10.4 Å². The van der Waals surface area contributed by atoms with Crippen molar-refractivity contribution >= 4 is 45.9 Å². The summed E-state index contributed by atoms with van der Waals surface area (Å²) in [4.78, 5) is 67.7. The second-order valence-corrected chi connectivity index (χ2v) is 18.7. The molecule has 15 nitrogen and oxygen atoms in total. The van der Waals surface area contributed by atoms with Crippen molar-refractivity contribution in [2.24, 2.45) is 29.1 Å². The van der Waals surface area contributed by atoms with E-state index in [-0.39, 0.29) is 43.6 Å². The van der Waals surface area contributed by atoms with E-state index in [0.717, 1.165) is 39.0 Å². The molecule has 0 unspecified atom stereocenters. The van der Waals surface area contributed by atoms with E-state index in [1.54, 1.807) is 18.2 Å². The van der Waals surface area contributed by atoms with Crippen LogP contribution < -0.4 is 10.7 Å². The minimum absolute atomic E-state index is 0.124. The van der Waals surface area contributed by atoms with Crippen LogP contribution >= 0.6 is 11.3 Å². The summed E-state index contributed by atoms with van der Waals surface area (Å²) in [5.74, 6) is -3.19. The molecule has 0 radical (unpaired) electrons. The predicted molar refractivity (Wildman–Crippen MR) is 232 cm³/mol. The van der Waals surface area contributed by atoms with Crippen molar-refractivity contribution in [3.63, 3.8) is 0 Å². The summed E-state index contributed by atoms with van der Waals surface area (Å²) in [6.07, 6.45) is 2.08. The standard InChI is InChI=1S/C46H56N8O7S/c1-8-53-34-15-14-28-18-30(34)31(39(53)29-12-10-16-48-37(29)26(4)59-7)19-46(5,6)24-61-45(58)32-13-11-17-54(51-32)44(57)38(40(60-9-2)42-49-33(28)23-62-42)50-41(55)35-25(3)36(35)43(56)52-21-27(20-47)22-52/h10,12,14-16,18,23,25-27,32,35-36,38,40,51H,8-9,11,13,17,19,21-22,24H2,1-7H3,(H,50,55)/t25-,26+,32+,35-,36-,38+,40+/m1/s1. The second-order valence-electron chi connectivity index (χ2n) is 17.8. The molecular weight excluding hydrogens is 809 g/mol. The average Bonchev–Trinajstić information content (AvgIpc) is 3.54. The molecule has 3 amide bonds. The number of cyclic esters (lactones) is 1. The predicted octanol–water partition coefficient (Wildman–Crippen LogP) is 5.60. The first-order chi connectivity index (χ1) is 29.8. The van der Waals surface area contributed by atoms with Crippen molar-refractivity contribution in [1.29, 1.82) is 5.26 Å². The number of aryl methyl sites for hydroxylation is 1. The van der Waals surface area contributed by atoms with Gasteiger partial charge < -0.3 is 29.0 Å². The molecule has 8 rings (SSSR count). The third-order valence-electron chi connectivity index (χ3n) is 12.9. The van der Waals surface area contributed by atoms with Crippen LogP contribution in [0.5, 0.6) is 0 Å². The first-order valence-corrected chi connectivity index (χ1v) is 22.6. The molecular formula is C46H56N8O7S. The number of hydrogen-bond acceptors (Lipinski definition) is 12. The van der Waals surface area contributed by atoms with Crippen LogP contribution in [0.4, 0.5) is 0 Å². The highest BCUT2D eigenvalue weighted by molar-refractivity contribution is 7.10. The second kappa shape index (κ2) is 17.5. The fourth-order valence-electron chi connectivity index (χ4n) is 9.38. The van der Waals surface area contributed by atoms with Crippen LogP contribution in [0.15, 0.2) is 41.9 Å². The number of methoxy groups -OCH3 is 1. The smallest absolute Gasteiger partial charge is 0.324 e. The highest BCUT2D eigenvalue weighted by Crippen LogP contribution is 2.48. The van der Waals surface area contributed by atoms with E-state index in [1.165, 1.54) is 16.3 Å². The number of nitriles is 1. The molecule has 1 saturated carbocycles. The summed E-state index contributed by atoms with van der Waals surface area (Å²) in [7, 11) is 1.68. The van der Waals surface area contributed by atoms with E-state index in [4.69, 9.17) is 24.2 Å². The van der Waals surface area contributed by atoms with Crippen LogP contribution in [0, 0.1) is 40.4 Å². The molecule has 0 spiro atoms. The van der Waals surface area contributed by atoms with Gasteiger partial charge in [-0.2, -0.15) is 5.26 Å². The lowest BCUT2D eigenvalue weighted by atomic mass is 9.84. The van der Waals surface area contributed by atoms with Gasteiger partial charge >= 0.3 is 5.97 Å². The SMILES string of the molecule is CCO[C@@H]1c2nc(cs2)-c2ccc3c(c2)c(c(-c2cccnc2[C@H](C)OC)n3CC)CC(C)(C)COC(=O)[C@@H]2CCCN(N2)C(=O)[C@H]1NC(=O)[C@@H]1[C@@H](C)[C@H]1C(=O)N1CC(C#N)C1. The largest absolute Gasteiger partial charge is 0.464 e. The first-order valence-electron chi connectivity index (χ1n) is 21.7. The summed E-state index contributed by atoms with van der Waals surface area (Å²) in [6.45, 7) is 14.0. The van der Waals surface area contributed by atoms with Gasteiger partial charge in [0.15, 0.2) is 0 Å². The maximum Gasteiger partial charge on any atom is 0.324 e. The molecule has 3 fully saturated rings. The van der Waals surface area contributed by atoms with Crippen molar-refractivity contribution in [3.05, 3.63) is 58.2 Å². The van der Waals surface area contributed by atoms with Crippen LogP contribution in [-0.2, 0) is 46.4 Å². The number of rotatable bonds is 9. The summed E-state index contributed by atoms with van der Waals surface area (Å²) in [6, 6.07) is 10.5. The van der Waals surface area contributed by atoms with E-state index in [2.05, 4.69) is 66.4 Å². The number of carbonyl (C=O) groups is 4. The molecule has 4 aromatic rings. The molecule has 328 valence electrons. The third kappa shape index (κ3) is 8.11. The van der Waals surface area contributed by atoms with Gasteiger partial charge in [-0.05, 0) is 75.8 Å². The average molecular weight is 865 g/mol. The number of hydrazine groups is 1. The van der Waals surface area contributed by atoms with Gasteiger partial charge in [-0.15, -0.1) is 11.3 Å². The molecule has 6 bridgehead atoms. The van der Waals surface area contributed by atoms with E-state index in [9.17, 15) is 24.4 Å². The number of pyridine rings is 1. The minimum atomic E-state index is -1.24. The highest BCUT2D eigenvalue weighted by Gasteiger charge is 2.59. The molecule has 2 N–H and O–H groups in total. The van der Waals surface area contributed by atoms with E-state index >= 15 is 0 Å². The number of nitrogens with one attached hydrogen (secondary N) is 2. The number of benzene rings is 1. The normalized spacial score (nSPS) is 25.6. The zero-order chi connectivity index (χ0) is 44.0. The molecule has 3 aliphatic heterocycles. The third-order valence-corrected chi connectivity index (χ3v) is 13.8. The van der Waals surface area contributed by atoms with Crippen LogP contribution in [0.25, 0.3) is 33.4 Å². The maximum atomic E-state index is 14.8. The van der Waals surface area contributed by atoms with Crippen LogP contribution in [-0.4, -0.2) is 100 Å². The number of aromatic nitrogens is 3. The molecule has 2 saturated heterocycles. The Balaban J connectivity index is 1.22. The number of esters is 1. The lowest BCUT2D eigenvalue weighted by Crippen LogP contribution is -2.61. The number of ether oxygens (including phenoxy) is 3. The maximum absolute atomic E-state index is 14.8. The van der Waals surface area contributed by atoms with E-state index < -0.39 is 53.2 Å². The van der Waals surface area contributed by atoms with Crippen molar-refractivity contribution in [3.8, 4) is 28.6 Å². The van der Waals surface area contributed by atoms with Crippen molar-refractivity contribution in [2.75, 3.05) is 40.0 Å². The number of likely N-dealkylation sites (tertiary alicyclic amines) is 1. The molecule has 62 heavy (non-hydrogen) atoms. The van der Waals surface area contributed by atoms with E-state index in [1.807, 2.05) is 32.2 Å². The van der Waals surface area contributed by atoms with Crippen molar-refractivity contribution in [1.82, 2.24) is 35.2 Å². The lowest BCUT2D eigenvalue weighted by Gasteiger charge is -2.37. The Labute approximate surface area is 366 Å².